The molecule has 1 aromatic heterocycles. The second-order valence-electron chi connectivity index (χ2n) is 5.74. The molecule has 0 aliphatic carbocycles. The third-order valence-electron chi connectivity index (χ3n) is 3.69. The van der Waals surface area contributed by atoms with E-state index in [1.165, 1.54) is 11.5 Å². The number of hydrogen-bond acceptors (Lipinski definition) is 6. The number of benzene rings is 2. The lowest BCUT2D eigenvalue weighted by atomic mass is 10.2. The van der Waals surface area contributed by atoms with E-state index in [1.807, 2.05) is 43.3 Å². The van der Waals surface area contributed by atoms with Crippen LogP contribution in [-0.2, 0) is 6.54 Å². The van der Waals surface area contributed by atoms with Gasteiger partial charge < -0.3 is 15.4 Å². The van der Waals surface area contributed by atoms with Crippen molar-refractivity contribution in [3.63, 3.8) is 0 Å². The average molecular weight is 421 g/mol. The summed E-state index contributed by atoms with van der Waals surface area (Å²) in [5.74, 6) is 1.49. The number of nitrogens with zero attached hydrogens (tertiary/aromatic N) is 2. The Labute approximate surface area is 172 Å². The standard InChI is InChI=1S/C19H18Cl2N4OS/c1-12(22-11-13-3-6-15(26-2)7-4-13)9-18-24-19(27-25-18)23-14-5-8-16(20)17(21)10-14/h3-10,22H,11H2,1-2H3,(H,23,24,25)/b12-9+. The molecule has 0 atom stereocenters. The first-order chi connectivity index (χ1) is 13.0. The molecule has 2 aromatic carbocycles. The van der Waals surface area contributed by atoms with Crippen LogP contribution in [0.2, 0.25) is 10.0 Å². The number of aromatic nitrogens is 2. The van der Waals surface area contributed by atoms with Gasteiger partial charge in [0.1, 0.15) is 5.75 Å². The first kappa shape index (κ1) is 19.5. The van der Waals surface area contributed by atoms with E-state index >= 15 is 0 Å². The summed E-state index contributed by atoms with van der Waals surface area (Å²) in [4.78, 5) is 4.46. The molecule has 0 amide bonds. The summed E-state index contributed by atoms with van der Waals surface area (Å²) in [5, 5.41) is 8.21. The predicted octanol–water partition coefficient (Wildman–Crippen LogP) is 5.75. The maximum absolute atomic E-state index is 6.03. The van der Waals surface area contributed by atoms with Gasteiger partial charge >= 0.3 is 0 Å². The minimum atomic E-state index is 0.491. The zero-order valence-corrected chi connectivity index (χ0v) is 17.1. The van der Waals surface area contributed by atoms with Crippen molar-refractivity contribution >= 4 is 51.6 Å². The van der Waals surface area contributed by atoms with Crippen LogP contribution in [0.25, 0.3) is 6.08 Å². The van der Waals surface area contributed by atoms with Crippen LogP contribution in [0.4, 0.5) is 10.8 Å². The Kier molecular flexibility index (Phi) is 6.55. The lowest BCUT2D eigenvalue weighted by Gasteiger charge is -2.07. The van der Waals surface area contributed by atoms with Crippen LogP contribution in [0.1, 0.15) is 18.3 Å². The van der Waals surface area contributed by atoms with E-state index in [1.54, 1.807) is 19.2 Å². The van der Waals surface area contributed by atoms with Crippen molar-refractivity contribution in [1.82, 2.24) is 14.7 Å². The molecule has 3 rings (SSSR count). The van der Waals surface area contributed by atoms with Crippen LogP contribution in [0, 0.1) is 0 Å². The van der Waals surface area contributed by atoms with Crippen LogP contribution < -0.4 is 15.4 Å². The van der Waals surface area contributed by atoms with Gasteiger partial charge in [-0.3, -0.25) is 0 Å². The molecule has 5 nitrogen and oxygen atoms in total. The summed E-state index contributed by atoms with van der Waals surface area (Å²) in [7, 11) is 1.66. The number of allylic oxidation sites excluding steroid dienone is 1. The number of halogens is 2. The minimum Gasteiger partial charge on any atom is -0.497 e. The number of ether oxygens (including phenoxy) is 1. The van der Waals surface area contributed by atoms with Crippen LogP contribution in [0.15, 0.2) is 48.2 Å². The molecule has 0 spiro atoms. The molecule has 3 aromatic rings. The molecule has 0 saturated carbocycles. The fraction of sp³-hybridized carbons (Fsp3) is 0.158. The molecule has 0 aliphatic rings. The Balaban J connectivity index is 1.58. The lowest BCUT2D eigenvalue weighted by Crippen LogP contribution is -2.10. The van der Waals surface area contributed by atoms with E-state index in [4.69, 9.17) is 27.9 Å². The largest absolute Gasteiger partial charge is 0.497 e. The quantitative estimate of drug-likeness (QED) is 0.509. The van der Waals surface area contributed by atoms with Crippen molar-refractivity contribution in [2.24, 2.45) is 0 Å². The number of rotatable bonds is 7. The zero-order valence-electron chi connectivity index (χ0n) is 14.8. The molecule has 0 saturated heterocycles. The van der Waals surface area contributed by atoms with E-state index in [0.29, 0.717) is 27.5 Å². The second kappa shape index (κ2) is 9.08. The van der Waals surface area contributed by atoms with Gasteiger partial charge in [0, 0.05) is 35.5 Å². The molecule has 0 radical (unpaired) electrons. The van der Waals surface area contributed by atoms with Gasteiger partial charge in [-0.15, -0.1) is 0 Å². The van der Waals surface area contributed by atoms with Crippen LogP contribution >= 0.6 is 34.7 Å². The van der Waals surface area contributed by atoms with Gasteiger partial charge in [-0.25, -0.2) is 0 Å². The van der Waals surface area contributed by atoms with Gasteiger partial charge in [-0.1, -0.05) is 35.3 Å². The Morgan fingerprint density at radius 3 is 2.63 bits per heavy atom. The minimum absolute atomic E-state index is 0.491. The van der Waals surface area contributed by atoms with Gasteiger partial charge in [0.2, 0.25) is 5.13 Å². The van der Waals surface area contributed by atoms with Crippen molar-refractivity contribution in [2.45, 2.75) is 13.5 Å². The maximum atomic E-state index is 6.03. The third-order valence-corrected chi connectivity index (χ3v) is 5.07. The highest BCUT2D eigenvalue weighted by molar-refractivity contribution is 7.09. The summed E-state index contributed by atoms with van der Waals surface area (Å²) in [6, 6.07) is 13.3. The van der Waals surface area contributed by atoms with Crippen molar-refractivity contribution in [3.05, 3.63) is 69.6 Å². The number of anilines is 2. The summed E-state index contributed by atoms with van der Waals surface area (Å²) < 4.78 is 9.51. The lowest BCUT2D eigenvalue weighted by molar-refractivity contribution is 0.414. The highest BCUT2D eigenvalue weighted by atomic mass is 35.5. The Morgan fingerprint density at radius 2 is 1.93 bits per heavy atom. The predicted molar refractivity (Wildman–Crippen MR) is 113 cm³/mol. The monoisotopic (exact) mass is 420 g/mol. The second-order valence-corrected chi connectivity index (χ2v) is 7.31. The van der Waals surface area contributed by atoms with Crippen molar-refractivity contribution in [3.8, 4) is 5.75 Å². The van der Waals surface area contributed by atoms with Crippen LogP contribution in [0.3, 0.4) is 0 Å². The normalized spacial score (nSPS) is 11.3. The summed E-state index contributed by atoms with van der Waals surface area (Å²) in [6.07, 6.45) is 1.90. The van der Waals surface area contributed by atoms with Gasteiger partial charge in [0.15, 0.2) is 5.82 Å². The van der Waals surface area contributed by atoms with E-state index in [-0.39, 0.29) is 0 Å². The molecule has 27 heavy (non-hydrogen) atoms. The molecular formula is C19H18Cl2N4OS. The summed E-state index contributed by atoms with van der Waals surface area (Å²) in [6.45, 7) is 2.70. The molecule has 2 N–H and O–H groups in total. The summed E-state index contributed by atoms with van der Waals surface area (Å²) in [5.41, 5.74) is 2.95. The van der Waals surface area contributed by atoms with Gasteiger partial charge in [-0.2, -0.15) is 9.36 Å². The van der Waals surface area contributed by atoms with Crippen molar-refractivity contribution in [2.75, 3.05) is 12.4 Å². The van der Waals surface area contributed by atoms with Gasteiger partial charge in [-0.05, 0) is 42.8 Å². The molecular weight excluding hydrogens is 403 g/mol. The zero-order chi connectivity index (χ0) is 19.2. The number of hydrogen-bond donors (Lipinski definition) is 2. The Hall–Kier alpha value is -2.28. The van der Waals surface area contributed by atoms with E-state index < -0.39 is 0 Å². The molecule has 0 unspecified atom stereocenters. The Bertz CT molecular complexity index is 941. The fourth-order valence-corrected chi connectivity index (χ4v) is 3.14. The first-order valence-electron chi connectivity index (χ1n) is 8.14. The fourth-order valence-electron chi connectivity index (χ4n) is 2.27. The van der Waals surface area contributed by atoms with Crippen LogP contribution in [-0.4, -0.2) is 16.5 Å². The third kappa shape index (κ3) is 5.60. The van der Waals surface area contributed by atoms with Crippen molar-refractivity contribution < 1.29 is 4.74 Å². The van der Waals surface area contributed by atoms with Gasteiger partial charge in [0.25, 0.3) is 0 Å². The summed E-state index contributed by atoms with van der Waals surface area (Å²) >= 11 is 13.2. The highest BCUT2D eigenvalue weighted by Crippen LogP contribution is 2.27. The highest BCUT2D eigenvalue weighted by Gasteiger charge is 2.05. The maximum Gasteiger partial charge on any atom is 0.207 e. The van der Waals surface area contributed by atoms with E-state index in [2.05, 4.69) is 20.0 Å². The Morgan fingerprint density at radius 1 is 1.15 bits per heavy atom. The van der Waals surface area contributed by atoms with E-state index in [9.17, 15) is 0 Å². The molecule has 0 bridgehead atoms. The molecule has 1 heterocycles. The van der Waals surface area contributed by atoms with Gasteiger partial charge in [0.05, 0.1) is 17.2 Å². The van der Waals surface area contributed by atoms with Crippen LogP contribution in [0.5, 0.6) is 5.75 Å². The molecule has 140 valence electrons. The average Bonchev–Trinajstić information content (AvgIpc) is 3.10. The first-order valence-corrected chi connectivity index (χ1v) is 9.67. The number of nitrogens with one attached hydrogen (secondary N) is 2. The topological polar surface area (TPSA) is 59.1 Å². The smallest absolute Gasteiger partial charge is 0.207 e. The van der Waals surface area contributed by atoms with Crippen molar-refractivity contribution in [1.29, 1.82) is 0 Å². The molecule has 8 heteroatoms. The molecule has 0 fully saturated rings. The SMILES string of the molecule is COc1ccc(CN/C(C)=C/c2nsc(Nc3ccc(Cl)c(Cl)c3)n2)cc1. The van der Waals surface area contributed by atoms with E-state index in [0.717, 1.165) is 22.7 Å². The molecule has 0 aliphatic heterocycles. The number of methoxy groups -OCH3 is 1.